The summed E-state index contributed by atoms with van der Waals surface area (Å²) >= 11 is 0. The molecule has 0 unspecified atom stereocenters. The first-order chi connectivity index (χ1) is 14.5. The van der Waals surface area contributed by atoms with Crippen molar-refractivity contribution in [3.05, 3.63) is 66.4 Å². The number of primary sulfonamides is 1. The first-order valence-electron chi connectivity index (χ1n) is 8.42. The highest BCUT2D eigenvalue weighted by Crippen LogP contribution is 2.30. The van der Waals surface area contributed by atoms with E-state index < -0.39 is 27.9 Å². The molecule has 0 bridgehead atoms. The van der Waals surface area contributed by atoms with E-state index in [0.717, 1.165) is 12.1 Å². The number of hydrogen-bond donors (Lipinski definition) is 1. The molecule has 0 saturated carbocycles. The smallest absolute Gasteiger partial charge is 0.329 e. The van der Waals surface area contributed by atoms with E-state index in [-0.39, 0.29) is 22.0 Å². The number of nitrogens with zero attached hydrogens (tertiary/aromatic N) is 4. The van der Waals surface area contributed by atoms with Crippen LogP contribution in [0.4, 0.5) is 17.6 Å². The zero-order valence-electron chi connectivity index (χ0n) is 15.2. The van der Waals surface area contributed by atoms with Crippen LogP contribution in [0.5, 0.6) is 0 Å². The van der Waals surface area contributed by atoms with Gasteiger partial charge in [-0.2, -0.15) is 23.3 Å². The molecule has 2 aromatic carbocycles. The van der Waals surface area contributed by atoms with Gasteiger partial charge in [0.2, 0.25) is 15.8 Å². The molecule has 0 aliphatic rings. The van der Waals surface area contributed by atoms with Crippen molar-refractivity contribution < 1.29 is 30.5 Å². The van der Waals surface area contributed by atoms with Crippen molar-refractivity contribution in [2.75, 3.05) is 0 Å². The lowest BCUT2D eigenvalue weighted by Crippen LogP contribution is -2.12. The molecule has 2 heterocycles. The maximum atomic E-state index is 13.2. The molecule has 160 valence electrons. The molecule has 0 amide bonds. The summed E-state index contributed by atoms with van der Waals surface area (Å²) in [5, 5.41) is 12.8. The average molecular weight is 453 g/mol. The monoisotopic (exact) mass is 453 g/mol. The van der Waals surface area contributed by atoms with Crippen LogP contribution in [0.3, 0.4) is 0 Å². The topological polar surface area (TPSA) is 117 Å². The molecule has 0 aliphatic carbocycles. The van der Waals surface area contributed by atoms with E-state index in [1.807, 2.05) is 0 Å². The molecule has 4 aromatic rings. The van der Waals surface area contributed by atoms with Gasteiger partial charge in [0, 0.05) is 11.1 Å². The Hall–Kier alpha value is -3.58. The van der Waals surface area contributed by atoms with Crippen molar-refractivity contribution in [2.45, 2.75) is 11.1 Å². The van der Waals surface area contributed by atoms with Crippen LogP contribution < -0.4 is 5.14 Å². The van der Waals surface area contributed by atoms with Crippen LogP contribution in [-0.4, -0.2) is 28.3 Å². The minimum absolute atomic E-state index is 0.0135. The van der Waals surface area contributed by atoms with Gasteiger partial charge in [-0.15, -0.1) is 0 Å². The maximum absolute atomic E-state index is 13.2. The van der Waals surface area contributed by atoms with Crippen molar-refractivity contribution >= 4 is 10.0 Å². The SMILES string of the molecule is NS(=O)(=O)c1cn(-c2ccc(-c3noc(C(F)(F)F)n3)cc2)nc1-c1ccc(F)cc1. The van der Waals surface area contributed by atoms with Gasteiger partial charge in [0.15, 0.2) is 0 Å². The second kappa shape index (κ2) is 7.28. The predicted octanol–water partition coefficient (Wildman–Crippen LogP) is 3.39. The van der Waals surface area contributed by atoms with Crippen LogP contribution in [0.25, 0.3) is 28.3 Å². The van der Waals surface area contributed by atoms with Crippen LogP contribution in [0.1, 0.15) is 5.89 Å². The third-order valence-corrected chi connectivity index (χ3v) is 5.08. The number of halogens is 4. The summed E-state index contributed by atoms with van der Waals surface area (Å²) in [6, 6.07) is 10.8. The fourth-order valence-electron chi connectivity index (χ4n) is 2.73. The predicted molar refractivity (Wildman–Crippen MR) is 98.6 cm³/mol. The summed E-state index contributed by atoms with van der Waals surface area (Å²) in [5.41, 5.74) is 0.953. The number of alkyl halides is 3. The van der Waals surface area contributed by atoms with Crippen LogP contribution in [0.15, 0.2) is 64.1 Å². The van der Waals surface area contributed by atoms with Gasteiger partial charge in [-0.05, 0) is 48.5 Å². The van der Waals surface area contributed by atoms with Crippen LogP contribution in [0, 0.1) is 5.82 Å². The minimum atomic E-state index is -4.76. The Morgan fingerprint density at radius 1 is 0.968 bits per heavy atom. The normalized spacial score (nSPS) is 12.3. The Kier molecular flexibility index (Phi) is 4.86. The second-order valence-corrected chi connectivity index (χ2v) is 7.84. The highest BCUT2D eigenvalue weighted by molar-refractivity contribution is 7.89. The van der Waals surface area contributed by atoms with E-state index in [4.69, 9.17) is 5.14 Å². The molecule has 4 rings (SSSR count). The molecule has 31 heavy (non-hydrogen) atoms. The van der Waals surface area contributed by atoms with Gasteiger partial charge in [-0.3, -0.25) is 0 Å². The van der Waals surface area contributed by atoms with Crippen LogP contribution >= 0.6 is 0 Å². The van der Waals surface area contributed by atoms with Crippen molar-refractivity contribution in [3.63, 3.8) is 0 Å². The Morgan fingerprint density at radius 2 is 1.58 bits per heavy atom. The first kappa shape index (κ1) is 20.7. The number of rotatable bonds is 4. The van der Waals surface area contributed by atoms with E-state index >= 15 is 0 Å². The highest BCUT2D eigenvalue weighted by Gasteiger charge is 2.38. The Morgan fingerprint density at radius 3 is 2.13 bits per heavy atom. The molecule has 2 N–H and O–H groups in total. The summed E-state index contributed by atoms with van der Waals surface area (Å²) in [7, 11) is -4.16. The molecule has 0 saturated heterocycles. The van der Waals surface area contributed by atoms with E-state index in [1.54, 1.807) is 0 Å². The van der Waals surface area contributed by atoms with Gasteiger partial charge in [-0.25, -0.2) is 22.6 Å². The summed E-state index contributed by atoms with van der Waals surface area (Å²) < 4.78 is 80.5. The fraction of sp³-hybridized carbons (Fsp3) is 0.0556. The van der Waals surface area contributed by atoms with Gasteiger partial charge in [0.05, 0.1) is 11.9 Å². The Bertz CT molecular complexity index is 1340. The Labute approximate surface area is 172 Å². The number of benzene rings is 2. The number of aromatic nitrogens is 4. The van der Waals surface area contributed by atoms with Crippen molar-refractivity contribution in [3.8, 4) is 28.3 Å². The van der Waals surface area contributed by atoms with E-state index in [2.05, 4.69) is 19.8 Å². The summed E-state index contributed by atoms with van der Waals surface area (Å²) in [6.07, 6.45) is -3.58. The van der Waals surface area contributed by atoms with Gasteiger partial charge < -0.3 is 4.52 Å². The van der Waals surface area contributed by atoms with Gasteiger partial charge in [0.1, 0.15) is 16.4 Å². The lowest BCUT2D eigenvalue weighted by atomic mass is 10.1. The second-order valence-electron chi connectivity index (χ2n) is 6.31. The molecule has 0 radical (unpaired) electrons. The van der Waals surface area contributed by atoms with Crippen molar-refractivity contribution in [1.82, 2.24) is 19.9 Å². The van der Waals surface area contributed by atoms with Crippen LogP contribution in [-0.2, 0) is 16.2 Å². The summed E-state index contributed by atoms with van der Waals surface area (Å²) in [6.45, 7) is 0. The van der Waals surface area contributed by atoms with Gasteiger partial charge in [0.25, 0.3) is 0 Å². The number of hydrogen-bond acceptors (Lipinski definition) is 6. The largest absolute Gasteiger partial charge is 0.471 e. The van der Waals surface area contributed by atoms with E-state index in [0.29, 0.717) is 11.3 Å². The first-order valence-corrected chi connectivity index (χ1v) is 9.97. The third-order valence-electron chi connectivity index (χ3n) is 4.16. The molecule has 13 heteroatoms. The fourth-order valence-corrected chi connectivity index (χ4v) is 3.40. The summed E-state index contributed by atoms with van der Waals surface area (Å²) in [4.78, 5) is 3.02. The van der Waals surface area contributed by atoms with Crippen molar-refractivity contribution in [1.29, 1.82) is 0 Å². The van der Waals surface area contributed by atoms with Gasteiger partial charge in [-0.1, -0.05) is 5.16 Å². The highest BCUT2D eigenvalue weighted by atomic mass is 32.2. The standard InChI is InChI=1S/C18H11F4N5O3S/c19-12-5-1-10(2-6-12)15-14(31(23,28)29)9-27(25-15)13-7-3-11(4-8-13)16-24-17(30-26-16)18(20,21)22/h1-9H,(H2,23,28,29). The summed E-state index contributed by atoms with van der Waals surface area (Å²) in [5.74, 6) is -2.25. The average Bonchev–Trinajstić information content (AvgIpc) is 3.36. The molecule has 0 aliphatic heterocycles. The van der Waals surface area contributed by atoms with E-state index in [9.17, 15) is 26.0 Å². The zero-order valence-corrected chi connectivity index (χ0v) is 16.0. The molecule has 2 aromatic heterocycles. The lowest BCUT2D eigenvalue weighted by molar-refractivity contribution is -0.159. The number of nitrogens with two attached hydrogens (primary N) is 1. The quantitative estimate of drug-likeness (QED) is 0.474. The molecule has 0 atom stereocenters. The van der Waals surface area contributed by atoms with Crippen LogP contribution in [0.2, 0.25) is 0 Å². The third kappa shape index (κ3) is 4.18. The molecule has 8 nitrogen and oxygen atoms in total. The Balaban J connectivity index is 1.71. The number of sulfonamides is 1. The maximum Gasteiger partial charge on any atom is 0.471 e. The molecule has 0 fully saturated rings. The van der Waals surface area contributed by atoms with E-state index in [1.165, 1.54) is 47.3 Å². The zero-order chi connectivity index (χ0) is 22.4. The van der Waals surface area contributed by atoms with Crippen molar-refractivity contribution in [2.24, 2.45) is 5.14 Å². The lowest BCUT2D eigenvalue weighted by Gasteiger charge is -2.02. The molecular formula is C18H11F4N5O3S. The molecular weight excluding hydrogens is 442 g/mol. The molecule has 0 spiro atoms. The minimum Gasteiger partial charge on any atom is -0.329 e. The van der Waals surface area contributed by atoms with Gasteiger partial charge >= 0.3 is 12.1 Å².